The number of halogens is 5. The molecule has 0 heterocycles. The summed E-state index contributed by atoms with van der Waals surface area (Å²) < 4.78 is 36.8. The first kappa shape index (κ1) is 14.6. The number of benzene rings is 1. The minimum atomic E-state index is -2.99. The smallest absolute Gasteiger partial charge is 0.266 e. The predicted molar refractivity (Wildman–Crippen MR) is 64.1 cm³/mol. The minimum absolute atomic E-state index is 0.197. The quantitative estimate of drug-likeness (QED) is 0.684. The largest absolute Gasteiger partial charge is 0.395 e. The minimum Gasteiger partial charge on any atom is -0.395 e. The van der Waals surface area contributed by atoms with E-state index >= 15 is 0 Å². The third-order valence-electron chi connectivity index (χ3n) is 3.48. The molecule has 0 aliphatic heterocycles. The van der Waals surface area contributed by atoms with Crippen molar-refractivity contribution in [2.75, 3.05) is 6.61 Å². The van der Waals surface area contributed by atoms with Crippen LogP contribution in [0.2, 0.25) is 0 Å². The van der Waals surface area contributed by atoms with E-state index in [0.29, 0.717) is 6.29 Å². The van der Waals surface area contributed by atoms with Gasteiger partial charge in [0.05, 0.1) is 17.6 Å². The van der Waals surface area contributed by atoms with Crippen molar-refractivity contribution in [1.29, 1.82) is 0 Å². The van der Waals surface area contributed by atoms with E-state index in [-0.39, 0.29) is 5.56 Å². The highest BCUT2D eigenvalue weighted by Crippen LogP contribution is 2.72. The van der Waals surface area contributed by atoms with Gasteiger partial charge in [-0.1, -0.05) is 29.3 Å². The van der Waals surface area contributed by atoms with Gasteiger partial charge in [-0.15, -0.1) is 0 Å². The molecule has 7 heteroatoms. The second kappa shape index (κ2) is 4.65. The molecule has 0 radical (unpaired) electrons. The third-order valence-corrected chi connectivity index (χ3v) is 4.62. The van der Waals surface area contributed by atoms with Gasteiger partial charge >= 0.3 is 0 Å². The molecule has 0 amide bonds. The fraction of sp³-hybridized carbons (Fsp3) is 0.417. The molecule has 1 N–H and O–H groups in total. The number of carbonyl (C=O) groups is 1. The zero-order chi connectivity index (χ0) is 14.4. The summed E-state index contributed by atoms with van der Waals surface area (Å²) in [4.78, 5) is 11.1. The van der Waals surface area contributed by atoms with Crippen molar-refractivity contribution in [2.45, 2.75) is 16.7 Å². The van der Waals surface area contributed by atoms with Gasteiger partial charge < -0.3 is 9.90 Å². The molecule has 0 aromatic heterocycles. The molecule has 2 atom stereocenters. The number of carbonyl (C=O) groups excluding carboxylic acids is 1. The Morgan fingerprint density at radius 2 is 2.05 bits per heavy atom. The second-order valence-corrected chi connectivity index (χ2v) is 5.84. The van der Waals surface area contributed by atoms with Crippen LogP contribution >= 0.6 is 23.2 Å². The van der Waals surface area contributed by atoms with Crippen LogP contribution in [0.25, 0.3) is 0 Å². The van der Waals surface area contributed by atoms with Gasteiger partial charge in [-0.2, -0.15) is 0 Å². The topological polar surface area (TPSA) is 37.3 Å². The van der Waals surface area contributed by atoms with Crippen molar-refractivity contribution in [1.82, 2.24) is 0 Å². The van der Waals surface area contributed by atoms with Crippen LogP contribution < -0.4 is 0 Å². The van der Waals surface area contributed by atoms with Crippen LogP contribution in [0.1, 0.15) is 23.5 Å². The van der Waals surface area contributed by atoms with Crippen molar-refractivity contribution in [3.63, 3.8) is 0 Å². The van der Waals surface area contributed by atoms with E-state index in [2.05, 4.69) is 0 Å². The van der Waals surface area contributed by atoms with Crippen LogP contribution in [-0.2, 0) is 4.79 Å². The van der Waals surface area contributed by atoms with Crippen LogP contribution in [0.4, 0.5) is 13.2 Å². The fourth-order valence-corrected chi connectivity index (χ4v) is 3.23. The third kappa shape index (κ3) is 1.95. The normalized spacial score (nSPS) is 28.5. The van der Waals surface area contributed by atoms with Crippen LogP contribution in [0.3, 0.4) is 0 Å². The number of hydrogen-bond acceptors (Lipinski definition) is 2. The van der Waals surface area contributed by atoms with E-state index < -0.39 is 40.1 Å². The Morgan fingerprint density at radius 1 is 1.42 bits per heavy atom. The summed E-state index contributed by atoms with van der Waals surface area (Å²) in [5.41, 5.74) is -2.03. The summed E-state index contributed by atoms with van der Waals surface area (Å²) in [5.74, 6) is -1.89. The Morgan fingerprint density at radius 3 is 2.47 bits per heavy atom. The zero-order valence-electron chi connectivity index (χ0n) is 9.42. The molecule has 2 nitrogen and oxygen atoms in total. The summed E-state index contributed by atoms with van der Waals surface area (Å²) in [5, 5.41) is 9.23. The molecule has 1 fully saturated rings. The van der Waals surface area contributed by atoms with Gasteiger partial charge in [-0.05, 0) is 17.7 Å². The predicted octanol–water partition coefficient (Wildman–Crippen LogP) is 3.21. The molecule has 1 saturated carbocycles. The van der Waals surface area contributed by atoms with E-state index in [1.807, 2.05) is 0 Å². The molecule has 2 rings (SSSR count). The monoisotopic (exact) mass is 312 g/mol. The first-order chi connectivity index (χ1) is 8.81. The summed E-state index contributed by atoms with van der Waals surface area (Å²) in [7, 11) is 0. The molecule has 1 aliphatic carbocycles. The molecule has 19 heavy (non-hydrogen) atoms. The van der Waals surface area contributed by atoms with E-state index in [9.17, 15) is 23.1 Å². The number of alkyl halides is 4. The summed E-state index contributed by atoms with van der Waals surface area (Å²) in [6.45, 7) is -0.616. The lowest BCUT2D eigenvalue weighted by Crippen LogP contribution is -2.16. The highest BCUT2D eigenvalue weighted by Gasteiger charge is 2.76. The fourth-order valence-electron chi connectivity index (χ4n) is 2.27. The number of hydrogen-bond donors (Lipinski definition) is 1. The lowest BCUT2D eigenvalue weighted by atomic mass is 9.99. The van der Waals surface area contributed by atoms with E-state index in [1.165, 1.54) is 6.07 Å². The second-order valence-electron chi connectivity index (χ2n) is 4.45. The molecule has 1 aliphatic rings. The molecule has 1 aromatic carbocycles. The maximum Gasteiger partial charge on any atom is 0.266 e. The first-order valence-corrected chi connectivity index (χ1v) is 6.10. The Balaban J connectivity index is 2.45. The van der Waals surface area contributed by atoms with Gasteiger partial charge in [-0.25, -0.2) is 13.2 Å². The van der Waals surface area contributed by atoms with Crippen molar-refractivity contribution < 1.29 is 23.1 Å². The summed E-state index contributed by atoms with van der Waals surface area (Å²) in [6, 6.07) is 3.02. The van der Waals surface area contributed by atoms with Gasteiger partial charge in [0, 0.05) is 5.92 Å². The molecule has 104 valence electrons. The first-order valence-electron chi connectivity index (χ1n) is 5.34. The lowest BCUT2D eigenvalue weighted by molar-refractivity contribution is -0.113. The van der Waals surface area contributed by atoms with E-state index in [4.69, 9.17) is 23.2 Å². The van der Waals surface area contributed by atoms with E-state index in [1.54, 1.807) is 0 Å². The average molecular weight is 313 g/mol. The molecule has 0 spiro atoms. The number of aldehydes is 1. The van der Waals surface area contributed by atoms with Gasteiger partial charge in [0.15, 0.2) is 0 Å². The highest BCUT2D eigenvalue weighted by atomic mass is 35.5. The molecular weight excluding hydrogens is 304 g/mol. The Labute approximate surface area is 117 Å². The van der Waals surface area contributed by atoms with Crippen LogP contribution in [0.5, 0.6) is 0 Å². The number of aliphatic hydroxyl groups is 1. The Kier molecular flexibility index (Phi) is 3.58. The van der Waals surface area contributed by atoms with Gasteiger partial charge in [0.2, 0.25) is 0 Å². The van der Waals surface area contributed by atoms with Crippen LogP contribution in [0.15, 0.2) is 18.2 Å². The van der Waals surface area contributed by atoms with Crippen LogP contribution in [0, 0.1) is 11.2 Å². The van der Waals surface area contributed by atoms with Crippen molar-refractivity contribution in [3.8, 4) is 0 Å². The van der Waals surface area contributed by atoms with Gasteiger partial charge in [-0.3, -0.25) is 0 Å². The highest BCUT2D eigenvalue weighted by molar-refractivity contribution is 6.54. The van der Waals surface area contributed by atoms with Crippen molar-refractivity contribution >= 4 is 29.5 Å². The number of rotatable bonds is 4. The van der Waals surface area contributed by atoms with Crippen molar-refractivity contribution in [3.05, 3.63) is 35.1 Å². The SMILES string of the molecule is O=CC1(CO)C(c2ccc(F)c(C(F)F)c2)C1(Cl)Cl. The maximum atomic E-state index is 13.2. The molecule has 0 bridgehead atoms. The Hall–Kier alpha value is -0.780. The zero-order valence-corrected chi connectivity index (χ0v) is 10.9. The standard InChI is InChI=1S/C12H9Cl2F3O2/c13-12(14)9(11(12,4-18)5-19)6-1-2-8(15)7(3-6)10(16)17/h1-4,9-10,19H,5H2. The summed E-state index contributed by atoms with van der Waals surface area (Å²) >= 11 is 11.9. The maximum absolute atomic E-state index is 13.2. The number of aliphatic hydroxyl groups excluding tert-OH is 1. The average Bonchev–Trinajstić information content (AvgIpc) is 2.86. The lowest BCUT2D eigenvalue weighted by Gasteiger charge is -2.07. The molecule has 2 unspecified atom stereocenters. The van der Waals surface area contributed by atoms with E-state index in [0.717, 1.165) is 12.1 Å². The van der Waals surface area contributed by atoms with Gasteiger partial charge in [0.1, 0.15) is 16.4 Å². The molecular formula is C12H9Cl2F3O2. The summed E-state index contributed by atoms with van der Waals surface area (Å²) in [6.07, 6.45) is -2.58. The Bertz CT molecular complexity index is 522. The molecule has 1 aromatic rings. The van der Waals surface area contributed by atoms with Crippen molar-refractivity contribution in [2.24, 2.45) is 5.41 Å². The van der Waals surface area contributed by atoms with Crippen LogP contribution in [-0.4, -0.2) is 22.3 Å². The molecule has 0 saturated heterocycles. The van der Waals surface area contributed by atoms with Gasteiger partial charge in [0.25, 0.3) is 6.43 Å².